The van der Waals surface area contributed by atoms with Crippen LogP contribution in [0.1, 0.15) is 31.6 Å². The van der Waals surface area contributed by atoms with Crippen LogP contribution in [0, 0.1) is 0 Å². The fourth-order valence-corrected chi connectivity index (χ4v) is 1.84. The van der Waals surface area contributed by atoms with Crippen molar-refractivity contribution in [2.75, 3.05) is 19.0 Å². The van der Waals surface area contributed by atoms with Crippen LogP contribution in [0.25, 0.3) is 11.5 Å². The highest BCUT2D eigenvalue weighted by Crippen LogP contribution is 2.22. The third-order valence-corrected chi connectivity index (χ3v) is 3.00. The molecular formula is C14H20N4O. The van der Waals surface area contributed by atoms with Crippen LogP contribution in [0.4, 0.5) is 5.69 Å². The minimum atomic E-state index is -0.149. The molecule has 1 atom stereocenters. The number of hydrogen-bond acceptors (Lipinski definition) is 5. The Bertz CT molecular complexity index is 518. The highest BCUT2D eigenvalue weighted by atomic mass is 16.5. The van der Waals surface area contributed by atoms with Gasteiger partial charge >= 0.3 is 0 Å². The number of rotatable bonds is 5. The minimum Gasteiger partial charge on any atom is -0.378 e. The molecule has 0 amide bonds. The number of hydrogen-bond donors (Lipinski definition) is 1. The fourth-order valence-electron chi connectivity index (χ4n) is 1.84. The SMILES string of the molecule is CCCC(N)c1noc(-c2ccc(N(C)C)cc2)n1. The van der Waals surface area contributed by atoms with E-state index in [1.54, 1.807) is 0 Å². The topological polar surface area (TPSA) is 68.2 Å². The van der Waals surface area contributed by atoms with Gasteiger partial charge in [-0.1, -0.05) is 18.5 Å². The first-order valence-corrected chi connectivity index (χ1v) is 6.48. The maximum Gasteiger partial charge on any atom is 0.257 e. The molecule has 0 saturated carbocycles. The molecule has 2 rings (SSSR count). The number of aromatic nitrogens is 2. The first-order valence-electron chi connectivity index (χ1n) is 6.48. The highest BCUT2D eigenvalue weighted by molar-refractivity contribution is 5.58. The molecule has 1 unspecified atom stereocenters. The molecule has 2 aromatic rings. The molecule has 0 aliphatic rings. The molecule has 0 radical (unpaired) electrons. The van der Waals surface area contributed by atoms with Crippen molar-refractivity contribution < 1.29 is 4.52 Å². The average molecular weight is 260 g/mol. The van der Waals surface area contributed by atoms with E-state index in [0.717, 1.165) is 24.1 Å². The first kappa shape index (κ1) is 13.5. The second-order valence-corrected chi connectivity index (χ2v) is 4.79. The molecule has 0 spiro atoms. The van der Waals surface area contributed by atoms with Crippen molar-refractivity contribution in [3.05, 3.63) is 30.1 Å². The number of nitrogens with zero attached hydrogens (tertiary/aromatic N) is 3. The maximum atomic E-state index is 5.97. The zero-order chi connectivity index (χ0) is 13.8. The summed E-state index contributed by atoms with van der Waals surface area (Å²) in [6, 6.07) is 7.83. The van der Waals surface area contributed by atoms with Crippen molar-refractivity contribution in [2.24, 2.45) is 5.73 Å². The van der Waals surface area contributed by atoms with E-state index < -0.39 is 0 Å². The Kier molecular flexibility index (Phi) is 4.16. The van der Waals surface area contributed by atoms with Gasteiger partial charge in [-0.2, -0.15) is 4.98 Å². The van der Waals surface area contributed by atoms with Crippen molar-refractivity contribution in [3.8, 4) is 11.5 Å². The van der Waals surface area contributed by atoms with Crippen LogP contribution in [0.15, 0.2) is 28.8 Å². The van der Waals surface area contributed by atoms with E-state index in [0.29, 0.717) is 11.7 Å². The quantitative estimate of drug-likeness (QED) is 0.895. The average Bonchev–Trinajstić information content (AvgIpc) is 2.89. The van der Waals surface area contributed by atoms with Gasteiger partial charge in [0.15, 0.2) is 5.82 Å². The molecule has 0 saturated heterocycles. The molecule has 0 aliphatic carbocycles. The zero-order valence-corrected chi connectivity index (χ0v) is 11.6. The Morgan fingerprint density at radius 3 is 2.53 bits per heavy atom. The number of anilines is 1. The van der Waals surface area contributed by atoms with Crippen LogP contribution < -0.4 is 10.6 Å². The lowest BCUT2D eigenvalue weighted by Crippen LogP contribution is -2.11. The summed E-state index contributed by atoms with van der Waals surface area (Å²) < 4.78 is 5.26. The van der Waals surface area contributed by atoms with Crippen LogP contribution in [0.3, 0.4) is 0 Å². The van der Waals surface area contributed by atoms with Crippen molar-refractivity contribution in [2.45, 2.75) is 25.8 Å². The molecule has 1 aromatic carbocycles. The molecular weight excluding hydrogens is 240 g/mol. The molecule has 0 bridgehead atoms. The van der Waals surface area contributed by atoms with Crippen molar-refractivity contribution in [1.82, 2.24) is 10.1 Å². The Morgan fingerprint density at radius 1 is 1.26 bits per heavy atom. The van der Waals surface area contributed by atoms with E-state index in [4.69, 9.17) is 10.3 Å². The van der Waals surface area contributed by atoms with Crippen LogP contribution >= 0.6 is 0 Å². The fraction of sp³-hybridized carbons (Fsp3) is 0.429. The summed E-state index contributed by atoms with van der Waals surface area (Å²) in [7, 11) is 4.01. The van der Waals surface area contributed by atoms with Crippen LogP contribution in [-0.4, -0.2) is 24.2 Å². The highest BCUT2D eigenvalue weighted by Gasteiger charge is 2.14. The van der Waals surface area contributed by atoms with Gasteiger partial charge in [-0.15, -0.1) is 0 Å². The lowest BCUT2D eigenvalue weighted by atomic mass is 10.1. The van der Waals surface area contributed by atoms with E-state index in [-0.39, 0.29) is 6.04 Å². The molecule has 1 aromatic heterocycles. The molecule has 5 heteroatoms. The van der Waals surface area contributed by atoms with Gasteiger partial charge in [0.2, 0.25) is 0 Å². The molecule has 0 aliphatic heterocycles. The number of benzene rings is 1. The predicted octanol–water partition coefficient (Wildman–Crippen LogP) is 2.60. The molecule has 1 heterocycles. The summed E-state index contributed by atoms with van der Waals surface area (Å²) in [6.45, 7) is 2.08. The first-order chi connectivity index (χ1) is 9.11. The summed E-state index contributed by atoms with van der Waals surface area (Å²) >= 11 is 0. The monoisotopic (exact) mass is 260 g/mol. The van der Waals surface area contributed by atoms with Gasteiger partial charge in [-0.3, -0.25) is 0 Å². The second kappa shape index (κ2) is 5.84. The summed E-state index contributed by atoms with van der Waals surface area (Å²) in [5, 5.41) is 3.95. The Morgan fingerprint density at radius 2 is 1.95 bits per heavy atom. The smallest absolute Gasteiger partial charge is 0.257 e. The number of nitrogens with two attached hydrogens (primary N) is 1. The van der Waals surface area contributed by atoms with Crippen LogP contribution in [0.2, 0.25) is 0 Å². The van der Waals surface area contributed by atoms with E-state index >= 15 is 0 Å². The maximum absolute atomic E-state index is 5.97. The molecule has 5 nitrogen and oxygen atoms in total. The van der Waals surface area contributed by atoms with Gasteiger partial charge in [0.25, 0.3) is 5.89 Å². The third-order valence-electron chi connectivity index (χ3n) is 3.00. The van der Waals surface area contributed by atoms with Crippen molar-refractivity contribution in [1.29, 1.82) is 0 Å². The standard InChI is InChI=1S/C14H20N4O/c1-4-5-12(15)13-16-14(19-17-13)10-6-8-11(9-7-10)18(2)3/h6-9,12H,4-5,15H2,1-3H3. The summed E-state index contributed by atoms with van der Waals surface area (Å²) in [5.41, 5.74) is 8.01. The van der Waals surface area contributed by atoms with E-state index in [1.165, 1.54) is 0 Å². The summed E-state index contributed by atoms with van der Waals surface area (Å²) in [5.74, 6) is 1.10. The lowest BCUT2D eigenvalue weighted by Gasteiger charge is -2.11. The minimum absolute atomic E-state index is 0.149. The summed E-state index contributed by atoms with van der Waals surface area (Å²) in [6.07, 6.45) is 1.86. The van der Waals surface area contributed by atoms with Crippen molar-refractivity contribution >= 4 is 5.69 Å². The second-order valence-electron chi connectivity index (χ2n) is 4.79. The summed E-state index contributed by atoms with van der Waals surface area (Å²) in [4.78, 5) is 6.40. The van der Waals surface area contributed by atoms with Gasteiger partial charge in [0.1, 0.15) is 0 Å². The van der Waals surface area contributed by atoms with Gasteiger partial charge < -0.3 is 15.2 Å². The largest absolute Gasteiger partial charge is 0.378 e. The third kappa shape index (κ3) is 3.12. The van der Waals surface area contributed by atoms with Crippen LogP contribution in [-0.2, 0) is 0 Å². The van der Waals surface area contributed by atoms with Gasteiger partial charge in [-0.25, -0.2) is 0 Å². The molecule has 2 N–H and O–H groups in total. The van der Waals surface area contributed by atoms with Gasteiger partial charge in [-0.05, 0) is 30.7 Å². The lowest BCUT2D eigenvalue weighted by molar-refractivity contribution is 0.413. The van der Waals surface area contributed by atoms with Gasteiger partial charge in [0.05, 0.1) is 6.04 Å². The van der Waals surface area contributed by atoms with E-state index in [9.17, 15) is 0 Å². The normalized spacial score (nSPS) is 12.4. The van der Waals surface area contributed by atoms with E-state index in [1.807, 2.05) is 43.3 Å². The molecule has 0 fully saturated rings. The Balaban J connectivity index is 2.18. The van der Waals surface area contributed by atoms with Crippen molar-refractivity contribution in [3.63, 3.8) is 0 Å². The van der Waals surface area contributed by atoms with E-state index in [2.05, 4.69) is 17.1 Å². The van der Waals surface area contributed by atoms with Crippen LogP contribution in [0.5, 0.6) is 0 Å². The Labute approximate surface area is 113 Å². The Hall–Kier alpha value is -1.88. The molecule has 102 valence electrons. The predicted molar refractivity (Wildman–Crippen MR) is 75.9 cm³/mol. The zero-order valence-electron chi connectivity index (χ0n) is 11.6. The molecule has 19 heavy (non-hydrogen) atoms. The van der Waals surface area contributed by atoms with Gasteiger partial charge in [0, 0.05) is 25.3 Å².